The third-order valence-corrected chi connectivity index (χ3v) is 6.84. The summed E-state index contributed by atoms with van der Waals surface area (Å²) >= 11 is 0. The second-order valence-corrected chi connectivity index (χ2v) is 8.58. The Morgan fingerprint density at radius 1 is 0.588 bits per heavy atom. The van der Waals surface area contributed by atoms with Crippen molar-refractivity contribution in [3.8, 4) is 5.69 Å². The van der Waals surface area contributed by atoms with Gasteiger partial charge in [-0.05, 0) is 41.8 Å². The Morgan fingerprint density at radius 3 is 2.32 bits per heavy atom. The molecule has 5 nitrogen and oxygen atoms in total. The Hall–Kier alpha value is -4.77. The molecule has 8 aromatic rings. The number of hydrogen-bond donors (Lipinski definition) is 0. The van der Waals surface area contributed by atoms with Crippen molar-refractivity contribution in [3.63, 3.8) is 0 Å². The molecule has 0 bridgehead atoms. The van der Waals surface area contributed by atoms with Crippen LogP contribution in [-0.4, -0.2) is 23.9 Å². The summed E-state index contributed by atoms with van der Waals surface area (Å²) in [6, 6.07) is 29.8. The summed E-state index contributed by atoms with van der Waals surface area (Å²) in [5.41, 5.74) is 7.11. The highest BCUT2D eigenvalue weighted by Gasteiger charge is 2.21. The highest BCUT2D eigenvalue weighted by atomic mass is 15.1. The fourth-order valence-corrected chi connectivity index (χ4v) is 5.47. The Balaban J connectivity index is 1.76. The van der Waals surface area contributed by atoms with Gasteiger partial charge in [0, 0.05) is 34.2 Å². The molecule has 34 heavy (non-hydrogen) atoms. The number of benzene rings is 3. The van der Waals surface area contributed by atoms with Gasteiger partial charge in [-0.1, -0.05) is 48.5 Å². The van der Waals surface area contributed by atoms with E-state index in [1.165, 1.54) is 16.3 Å². The van der Waals surface area contributed by atoms with Gasteiger partial charge in [-0.15, -0.1) is 0 Å². The number of hydrogen-bond acceptors (Lipinski definition) is 3. The lowest BCUT2D eigenvalue weighted by molar-refractivity contribution is 1.18. The summed E-state index contributed by atoms with van der Waals surface area (Å²) in [6.45, 7) is 0. The molecule has 0 aliphatic rings. The molecule has 5 heteroatoms. The quantitative estimate of drug-likeness (QED) is 0.270. The maximum absolute atomic E-state index is 5.06. The van der Waals surface area contributed by atoms with Gasteiger partial charge in [0.15, 0.2) is 5.65 Å². The number of imidazole rings is 1. The largest absolute Gasteiger partial charge is 0.308 e. The van der Waals surface area contributed by atoms with Crippen LogP contribution < -0.4 is 0 Å². The van der Waals surface area contributed by atoms with Crippen LogP contribution in [0.5, 0.6) is 0 Å². The molecule has 0 unspecified atom stereocenters. The zero-order valence-electron chi connectivity index (χ0n) is 18.1. The van der Waals surface area contributed by atoms with Crippen LogP contribution in [0.4, 0.5) is 0 Å². The van der Waals surface area contributed by atoms with E-state index in [0.717, 1.165) is 49.7 Å². The number of rotatable bonds is 1. The molecule has 0 aliphatic carbocycles. The van der Waals surface area contributed by atoms with E-state index in [0.29, 0.717) is 0 Å². The van der Waals surface area contributed by atoms with Crippen LogP contribution in [0.25, 0.3) is 66.0 Å². The fourth-order valence-electron chi connectivity index (χ4n) is 5.47. The van der Waals surface area contributed by atoms with Crippen LogP contribution >= 0.6 is 0 Å². The smallest absolute Gasteiger partial charge is 0.178 e. The van der Waals surface area contributed by atoms with E-state index >= 15 is 0 Å². The molecular weight excluding hydrogens is 418 g/mol. The highest BCUT2D eigenvalue weighted by Crippen LogP contribution is 2.41. The number of fused-ring (bicyclic) bond motifs is 12. The van der Waals surface area contributed by atoms with E-state index in [9.17, 15) is 0 Å². The molecule has 0 spiro atoms. The second kappa shape index (κ2) is 6.39. The zero-order chi connectivity index (χ0) is 22.2. The SMILES string of the molecule is c1ccc(-n2c3ccccc3c3ccc4c5ccncc5n5c6cccnc6nc5c4c32)cc1. The first-order chi connectivity index (χ1) is 16.9. The lowest BCUT2D eigenvalue weighted by atomic mass is 10.0. The number of nitrogens with zero attached hydrogens (tertiary/aromatic N) is 5. The van der Waals surface area contributed by atoms with E-state index in [2.05, 4.69) is 97.8 Å². The van der Waals surface area contributed by atoms with Gasteiger partial charge >= 0.3 is 0 Å². The van der Waals surface area contributed by atoms with Gasteiger partial charge in [0.25, 0.3) is 0 Å². The average molecular weight is 435 g/mol. The second-order valence-electron chi connectivity index (χ2n) is 8.58. The molecule has 0 atom stereocenters. The van der Waals surface area contributed by atoms with E-state index in [-0.39, 0.29) is 0 Å². The summed E-state index contributed by atoms with van der Waals surface area (Å²) < 4.78 is 4.58. The van der Waals surface area contributed by atoms with Crippen LogP contribution in [0.3, 0.4) is 0 Å². The summed E-state index contributed by atoms with van der Waals surface area (Å²) in [7, 11) is 0. The van der Waals surface area contributed by atoms with Crippen molar-refractivity contribution >= 4 is 60.3 Å². The van der Waals surface area contributed by atoms with E-state index < -0.39 is 0 Å². The molecule has 0 amide bonds. The lowest BCUT2D eigenvalue weighted by Crippen LogP contribution is -1.97. The Kier molecular flexibility index (Phi) is 3.34. The van der Waals surface area contributed by atoms with Crippen LogP contribution in [0.15, 0.2) is 104 Å². The Bertz CT molecular complexity index is 2070. The van der Waals surface area contributed by atoms with Crippen molar-refractivity contribution in [2.75, 3.05) is 0 Å². The van der Waals surface area contributed by atoms with Crippen LogP contribution in [0.1, 0.15) is 0 Å². The minimum absolute atomic E-state index is 0.736. The van der Waals surface area contributed by atoms with Gasteiger partial charge in [0.2, 0.25) is 0 Å². The summed E-state index contributed by atoms with van der Waals surface area (Å²) in [6.07, 6.45) is 5.59. The first-order valence-electron chi connectivity index (χ1n) is 11.3. The number of para-hydroxylation sites is 2. The highest BCUT2D eigenvalue weighted by molar-refractivity contribution is 6.27. The van der Waals surface area contributed by atoms with Crippen molar-refractivity contribution in [1.82, 2.24) is 23.9 Å². The van der Waals surface area contributed by atoms with E-state index in [1.807, 2.05) is 18.5 Å². The third-order valence-electron chi connectivity index (χ3n) is 6.84. The molecule has 5 aromatic heterocycles. The van der Waals surface area contributed by atoms with Crippen molar-refractivity contribution in [2.24, 2.45) is 0 Å². The molecule has 0 saturated carbocycles. The standard InChI is InChI=1S/C29H17N5/c1-2-7-18(8-3-1)33-23-10-5-4-9-19(23)22-13-12-21-20-14-16-30-17-25(20)34-24-11-6-15-31-28(24)32-29(34)26(21)27(22)33/h1-17H. The number of aromatic nitrogens is 5. The van der Waals surface area contributed by atoms with E-state index in [4.69, 9.17) is 4.98 Å². The number of pyridine rings is 3. The molecule has 8 rings (SSSR count). The first-order valence-corrected chi connectivity index (χ1v) is 11.3. The van der Waals surface area contributed by atoms with Gasteiger partial charge < -0.3 is 4.57 Å². The molecule has 0 aliphatic heterocycles. The first kappa shape index (κ1) is 17.7. The molecule has 0 fully saturated rings. The van der Waals surface area contributed by atoms with Crippen LogP contribution in [-0.2, 0) is 0 Å². The van der Waals surface area contributed by atoms with Gasteiger partial charge in [0.05, 0.1) is 33.6 Å². The maximum atomic E-state index is 5.06. The van der Waals surface area contributed by atoms with Crippen LogP contribution in [0, 0.1) is 0 Å². The minimum Gasteiger partial charge on any atom is -0.308 e. The molecule has 0 N–H and O–H groups in total. The third kappa shape index (κ3) is 2.16. The van der Waals surface area contributed by atoms with E-state index in [1.54, 1.807) is 6.20 Å². The van der Waals surface area contributed by atoms with Gasteiger partial charge in [-0.25, -0.2) is 9.97 Å². The van der Waals surface area contributed by atoms with Crippen molar-refractivity contribution in [1.29, 1.82) is 0 Å². The Labute approximate surface area is 193 Å². The molecule has 5 heterocycles. The van der Waals surface area contributed by atoms with Crippen molar-refractivity contribution < 1.29 is 0 Å². The van der Waals surface area contributed by atoms with Crippen molar-refractivity contribution in [2.45, 2.75) is 0 Å². The summed E-state index contributed by atoms with van der Waals surface area (Å²) in [5.74, 6) is 0. The van der Waals surface area contributed by atoms with Gasteiger partial charge in [-0.3, -0.25) is 9.38 Å². The molecule has 3 aromatic carbocycles. The molecular formula is C29H17N5. The predicted molar refractivity (Wildman–Crippen MR) is 138 cm³/mol. The summed E-state index contributed by atoms with van der Waals surface area (Å²) in [5, 5.41) is 5.86. The lowest BCUT2D eigenvalue weighted by Gasteiger charge is -2.13. The predicted octanol–water partition coefficient (Wildman–Crippen LogP) is 6.68. The van der Waals surface area contributed by atoms with Crippen molar-refractivity contribution in [3.05, 3.63) is 104 Å². The molecule has 158 valence electrons. The van der Waals surface area contributed by atoms with Gasteiger partial charge in [-0.2, -0.15) is 0 Å². The minimum atomic E-state index is 0.736. The van der Waals surface area contributed by atoms with Gasteiger partial charge in [0.1, 0.15) is 5.65 Å². The monoisotopic (exact) mass is 435 g/mol. The maximum Gasteiger partial charge on any atom is 0.178 e. The van der Waals surface area contributed by atoms with Crippen LogP contribution in [0.2, 0.25) is 0 Å². The normalized spacial score (nSPS) is 12.1. The zero-order valence-corrected chi connectivity index (χ0v) is 18.1. The average Bonchev–Trinajstić information content (AvgIpc) is 3.45. The topological polar surface area (TPSA) is 48.0 Å². The fraction of sp³-hybridized carbons (Fsp3) is 0. The Morgan fingerprint density at radius 2 is 1.38 bits per heavy atom. The summed E-state index contributed by atoms with van der Waals surface area (Å²) in [4.78, 5) is 14.1. The molecule has 0 saturated heterocycles. The molecule has 0 radical (unpaired) electrons.